The van der Waals surface area contributed by atoms with Gasteiger partial charge in [0.1, 0.15) is 0 Å². The van der Waals surface area contributed by atoms with Crippen LogP contribution in [-0.4, -0.2) is 84.6 Å². The highest BCUT2D eigenvalue weighted by atomic mass is 19.4. The van der Waals surface area contributed by atoms with Crippen LogP contribution in [0.2, 0.25) is 0 Å². The van der Waals surface area contributed by atoms with Crippen molar-refractivity contribution in [1.29, 1.82) is 5.26 Å². The van der Waals surface area contributed by atoms with E-state index in [4.69, 9.17) is 15.2 Å². The number of hydrogen-bond donors (Lipinski definition) is 1. The van der Waals surface area contributed by atoms with Crippen molar-refractivity contribution in [3.8, 4) is 6.07 Å². The topological polar surface area (TPSA) is 105 Å². The average Bonchev–Trinajstić information content (AvgIpc) is 2.94. The fourth-order valence-electron chi connectivity index (χ4n) is 4.04. The van der Waals surface area contributed by atoms with Crippen LogP contribution in [-0.2, 0) is 9.59 Å². The number of benzene rings is 1. The van der Waals surface area contributed by atoms with Crippen molar-refractivity contribution >= 4 is 23.3 Å². The Labute approximate surface area is 202 Å². The molecule has 2 heterocycles. The first-order valence-corrected chi connectivity index (χ1v) is 11.7. The first-order valence-electron chi connectivity index (χ1n) is 11.7. The molecule has 1 amide bonds. The molecule has 0 aliphatic carbocycles. The van der Waals surface area contributed by atoms with Gasteiger partial charge < -0.3 is 19.8 Å². The summed E-state index contributed by atoms with van der Waals surface area (Å²) >= 11 is 0. The number of aliphatic carboxylic acids is 1. The highest BCUT2D eigenvalue weighted by molar-refractivity contribution is 6.10. The number of para-hydroxylation sites is 1. The van der Waals surface area contributed by atoms with Gasteiger partial charge >= 0.3 is 12.1 Å². The van der Waals surface area contributed by atoms with E-state index in [9.17, 15) is 22.8 Å². The molecule has 0 aromatic heterocycles. The number of unbranched alkanes of at least 4 members (excludes halogenated alkanes) is 2. The Morgan fingerprint density at radius 3 is 2.06 bits per heavy atom. The number of piperazine rings is 1. The van der Waals surface area contributed by atoms with Crippen molar-refractivity contribution in [2.75, 3.05) is 50.7 Å². The molecular weight excluding hydrogens is 465 g/mol. The molecular formula is C24H31F3N4O4. The Bertz CT molecular complexity index is 909. The summed E-state index contributed by atoms with van der Waals surface area (Å²) in [5.41, 5.74) is 1.46. The van der Waals surface area contributed by atoms with Crippen molar-refractivity contribution in [1.82, 2.24) is 9.80 Å². The number of ketones is 1. The molecule has 1 aromatic rings. The van der Waals surface area contributed by atoms with Crippen LogP contribution in [0.1, 0.15) is 48.9 Å². The lowest BCUT2D eigenvalue weighted by molar-refractivity contribution is -0.192. The van der Waals surface area contributed by atoms with Gasteiger partial charge in [0.15, 0.2) is 5.78 Å². The zero-order chi connectivity index (χ0) is 25.8. The maximum absolute atomic E-state index is 12.5. The summed E-state index contributed by atoms with van der Waals surface area (Å²) in [6, 6.07) is 9.70. The number of alkyl halides is 3. The van der Waals surface area contributed by atoms with E-state index in [1.165, 1.54) is 0 Å². The second-order valence-corrected chi connectivity index (χ2v) is 8.44. The number of carboxylic acids is 1. The normalized spacial score (nSPS) is 17.1. The molecule has 35 heavy (non-hydrogen) atoms. The summed E-state index contributed by atoms with van der Waals surface area (Å²) in [4.78, 5) is 40.4. The number of amides is 1. The molecule has 1 N–H and O–H groups in total. The molecule has 1 saturated heterocycles. The average molecular weight is 497 g/mol. The van der Waals surface area contributed by atoms with Gasteiger partial charge in [0.25, 0.3) is 0 Å². The van der Waals surface area contributed by atoms with E-state index < -0.39 is 12.1 Å². The fourth-order valence-corrected chi connectivity index (χ4v) is 4.04. The van der Waals surface area contributed by atoms with Crippen LogP contribution in [0, 0.1) is 11.3 Å². The van der Waals surface area contributed by atoms with Crippen molar-refractivity contribution in [2.45, 2.75) is 44.7 Å². The van der Waals surface area contributed by atoms with Crippen LogP contribution < -0.4 is 4.90 Å². The summed E-state index contributed by atoms with van der Waals surface area (Å²) in [6.45, 7) is 7.05. The van der Waals surface area contributed by atoms with Gasteiger partial charge in [-0.05, 0) is 44.5 Å². The first kappa shape index (κ1) is 28.3. The van der Waals surface area contributed by atoms with Crippen LogP contribution in [0.3, 0.4) is 0 Å². The maximum Gasteiger partial charge on any atom is 0.490 e. The van der Waals surface area contributed by atoms with E-state index in [2.05, 4.69) is 15.9 Å². The van der Waals surface area contributed by atoms with Gasteiger partial charge in [0.05, 0.1) is 11.8 Å². The predicted molar refractivity (Wildman–Crippen MR) is 123 cm³/mol. The van der Waals surface area contributed by atoms with Crippen LogP contribution in [0.5, 0.6) is 0 Å². The highest BCUT2D eigenvalue weighted by Crippen LogP contribution is 2.27. The minimum atomic E-state index is -5.08. The molecule has 0 radical (unpaired) electrons. The van der Waals surface area contributed by atoms with Gasteiger partial charge in [-0.3, -0.25) is 9.59 Å². The van der Waals surface area contributed by atoms with Gasteiger partial charge in [-0.1, -0.05) is 12.1 Å². The van der Waals surface area contributed by atoms with E-state index in [0.717, 1.165) is 64.2 Å². The Hall–Kier alpha value is -2.97. The third-order valence-corrected chi connectivity index (χ3v) is 5.94. The molecule has 3 rings (SSSR count). The molecule has 1 aromatic carbocycles. The molecule has 2 aliphatic heterocycles. The molecule has 2 aliphatic rings. The zero-order valence-corrected chi connectivity index (χ0v) is 19.6. The molecule has 1 fully saturated rings. The fraction of sp³-hybridized carbons (Fsp3) is 0.583. The zero-order valence-electron chi connectivity index (χ0n) is 19.6. The number of Topliss-reactive ketones (excluding diaryl/α,β-unsaturated/α-hetero) is 1. The number of carbonyl (C=O) groups is 3. The molecule has 192 valence electrons. The number of rotatable bonds is 8. The number of halogens is 3. The van der Waals surface area contributed by atoms with E-state index in [1.54, 1.807) is 0 Å². The lowest BCUT2D eigenvalue weighted by Gasteiger charge is -2.34. The number of fused-ring (bicyclic) bond motifs is 1. The Morgan fingerprint density at radius 1 is 0.943 bits per heavy atom. The van der Waals surface area contributed by atoms with Gasteiger partial charge in [0, 0.05) is 57.5 Å². The SMILES string of the molecule is N#CCCCN1CCN(CCCCN2C(=O)CCC(=O)c3ccccc32)CC1.O=C(O)C(F)(F)F. The van der Waals surface area contributed by atoms with Crippen LogP contribution >= 0.6 is 0 Å². The van der Waals surface area contributed by atoms with Crippen molar-refractivity contribution in [3.63, 3.8) is 0 Å². The van der Waals surface area contributed by atoms with E-state index in [-0.39, 0.29) is 11.7 Å². The molecule has 0 bridgehead atoms. The second kappa shape index (κ2) is 13.8. The summed E-state index contributed by atoms with van der Waals surface area (Å²) in [7, 11) is 0. The smallest absolute Gasteiger partial charge is 0.475 e. The Morgan fingerprint density at radius 2 is 1.49 bits per heavy atom. The summed E-state index contributed by atoms with van der Waals surface area (Å²) in [5.74, 6) is -2.63. The molecule has 11 heteroatoms. The molecule has 0 atom stereocenters. The molecule has 0 saturated carbocycles. The van der Waals surface area contributed by atoms with E-state index in [0.29, 0.717) is 31.4 Å². The van der Waals surface area contributed by atoms with Gasteiger partial charge in [-0.15, -0.1) is 0 Å². The van der Waals surface area contributed by atoms with Crippen LogP contribution in [0.4, 0.5) is 18.9 Å². The molecule has 0 unspecified atom stereocenters. The Balaban J connectivity index is 0.000000540. The predicted octanol–water partition coefficient (Wildman–Crippen LogP) is 3.33. The number of nitrogens with zero attached hydrogens (tertiary/aromatic N) is 4. The van der Waals surface area contributed by atoms with Gasteiger partial charge in [-0.25, -0.2) is 4.79 Å². The first-order chi connectivity index (χ1) is 16.6. The quantitative estimate of drug-likeness (QED) is 0.551. The number of carboxylic acid groups (broad SMARTS) is 1. The van der Waals surface area contributed by atoms with Crippen molar-refractivity contribution < 1.29 is 32.7 Å². The number of anilines is 1. The highest BCUT2D eigenvalue weighted by Gasteiger charge is 2.38. The van der Waals surface area contributed by atoms with E-state index >= 15 is 0 Å². The van der Waals surface area contributed by atoms with Crippen molar-refractivity contribution in [2.24, 2.45) is 0 Å². The van der Waals surface area contributed by atoms with Crippen LogP contribution in [0.25, 0.3) is 0 Å². The summed E-state index contributed by atoms with van der Waals surface area (Å²) < 4.78 is 31.7. The molecule has 0 spiro atoms. The summed E-state index contributed by atoms with van der Waals surface area (Å²) in [6.07, 6.45) is -0.869. The van der Waals surface area contributed by atoms with Crippen LogP contribution in [0.15, 0.2) is 24.3 Å². The van der Waals surface area contributed by atoms with Gasteiger partial charge in [-0.2, -0.15) is 18.4 Å². The minimum absolute atomic E-state index is 0.0595. The standard InChI is InChI=1S/C22H30N4O2.C2HF3O2/c23-11-3-4-12-24-15-17-25(18-16-24)13-5-6-14-26-20-8-2-1-7-19(20)21(27)9-10-22(26)28;3-2(4,5)1(6)7/h1-2,7-8H,3-6,9-10,12-18H2;(H,6,7). The number of hydrogen-bond acceptors (Lipinski definition) is 6. The number of carbonyl (C=O) groups excluding carboxylic acids is 2. The monoisotopic (exact) mass is 496 g/mol. The van der Waals surface area contributed by atoms with E-state index in [1.807, 2.05) is 29.2 Å². The third-order valence-electron chi connectivity index (χ3n) is 5.94. The lowest BCUT2D eigenvalue weighted by Crippen LogP contribution is -2.46. The second-order valence-electron chi connectivity index (χ2n) is 8.44. The molecule has 8 nitrogen and oxygen atoms in total. The Kier molecular flexibility index (Phi) is 11.1. The van der Waals surface area contributed by atoms with Crippen molar-refractivity contribution in [3.05, 3.63) is 29.8 Å². The maximum atomic E-state index is 12.5. The largest absolute Gasteiger partial charge is 0.490 e. The minimum Gasteiger partial charge on any atom is -0.475 e. The van der Waals surface area contributed by atoms with Gasteiger partial charge in [0.2, 0.25) is 5.91 Å². The lowest BCUT2D eigenvalue weighted by atomic mass is 10.1. The third kappa shape index (κ3) is 9.30. The number of nitriles is 1. The summed E-state index contributed by atoms with van der Waals surface area (Å²) in [5, 5.41) is 15.8.